The monoisotopic (exact) mass is 244 g/mol. The second-order valence-electron chi connectivity index (χ2n) is 4.65. The standard InChI is InChI=1S/C8H16O2.C5H8O2/c9-6-8(7-10)4-2-1-3-5-8;1-3-4(2)5(6)7/h9-10H,1-7H2;3H,1-2H3,(H,6,7). The largest absolute Gasteiger partial charge is 0.478 e. The van der Waals surface area contributed by atoms with E-state index in [0.717, 1.165) is 12.8 Å². The van der Waals surface area contributed by atoms with Crippen molar-refractivity contribution >= 4 is 5.97 Å². The van der Waals surface area contributed by atoms with Crippen LogP contribution in [-0.2, 0) is 4.79 Å². The Kier molecular flexibility index (Phi) is 7.83. The van der Waals surface area contributed by atoms with Gasteiger partial charge < -0.3 is 15.3 Å². The van der Waals surface area contributed by atoms with Crippen LogP contribution in [0, 0.1) is 5.41 Å². The molecule has 0 unspecified atom stereocenters. The van der Waals surface area contributed by atoms with Gasteiger partial charge in [-0.2, -0.15) is 0 Å². The van der Waals surface area contributed by atoms with Gasteiger partial charge in [0.15, 0.2) is 0 Å². The highest BCUT2D eigenvalue weighted by Crippen LogP contribution is 2.34. The van der Waals surface area contributed by atoms with E-state index in [-0.39, 0.29) is 18.6 Å². The van der Waals surface area contributed by atoms with Crippen molar-refractivity contribution in [1.29, 1.82) is 0 Å². The number of carbonyl (C=O) groups is 1. The molecule has 0 bridgehead atoms. The Morgan fingerprint density at radius 2 is 1.65 bits per heavy atom. The molecule has 3 N–H and O–H groups in total. The van der Waals surface area contributed by atoms with Gasteiger partial charge in [-0.15, -0.1) is 0 Å². The SMILES string of the molecule is CC=C(C)C(=O)O.OCC1(CO)CCCCC1. The molecule has 4 heteroatoms. The average Bonchev–Trinajstić information content (AvgIpc) is 2.39. The number of carboxylic acid groups (broad SMARTS) is 1. The van der Waals surface area contributed by atoms with Crippen molar-refractivity contribution in [3.8, 4) is 0 Å². The molecule has 17 heavy (non-hydrogen) atoms. The second kappa shape index (κ2) is 8.25. The zero-order chi connectivity index (χ0) is 13.3. The lowest BCUT2D eigenvalue weighted by Gasteiger charge is -2.33. The van der Waals surface area contributed by atoms with Gasteiger partial charge in [0.05, 0.1) is 13.2 Å². The summed E-state index contributed by atoms with van der Waals surface area (Å²) in [5.74, 6) is -0.845. The highest BCUT2D eigenvalue weighted by atomic mass is 16.4. The maximum Gasteiger partial charge on any atom is 0.330 e. The van der Waals surface area contributed by atoms with Crippen molar-refractivity contribution in [2.24, 2.45) is 5.41 Å². The minimum absolute atomic E-state index is 0.127. The fourth-order valence-corrected chi connectivity index (χ4v) is 1.79. The lowest BCUT2D eigenvalue weighted by atomic mass is 9.75. The highest BCUT2D eigenvalue weighted by molar-refractivity contribution is 5.85. The Hall–Kier alpha value is -0.870. The van der Waals surface area contributed by atoms with Crippen LogP contribution < -0.4 is 0 Å². The molecule has 0 aromatic heterocycles. The molecule has 1 fully saturated rings. The molecule has 0 spiro atoms. The van der Waals surface area contributed by atoms with E-state index in [2.05, 4.69) is 0 Å². The Morgan fingerprint density at radius 3 is 1.82 bits per heavy atom. The first-order valence-corrected chi connectivity index (χ1v) is 6.09. The van der Waals surface area contributed by atoms with Crippen LogP contribution in [0.2, 0.25) is 0 Å². The summed E-state index contributed by atoms with van der Waals surface area (Å²) in [4.78, 5) is 9.86. The topological polar surface area (TPSA) is 77.8 Å². The summed E-state index contributed by atoms with van der Waals surface area (Å²) >= 11 is 0. The fraction of sp³-hybridized carbons (Fsp3) is 0.769. The van der Waals surface area contributed by atoms with Crippen molar-refractivity contribution in [2.75, 3.05) is 13.2 Å². The van der Waals surface area contributed by atoms with E-state index in [0.29, 0.717) is 5.57 Å². The summed E-state index contributed by atoms with van der Waals surface area (Å²) in [5.41, 5.74) is 0.262. The molecule has 0 radical (unpaired) electrons. The van der Waals surface area contributed by atoms with Crippen molar-refractivity contribution in [1.82, 2.24) is 0 Å². The highest BCUT2D eigenvalue weighted by Gasteiger charge is 2.30. The zero-order valence-corrected chi connectivity index (χ0v) is 10.8. The van der Waals surface area contributed by atoms with Gasteiger partial charge in [0.25, 0.3) is 0 Å². The van der Waals surface area contributed by atoms with Crippen LogP contribution in [-0.4, -0.2) is 34.5 Å². The van der Waals surface area contributed by atoms with Crippen LogP contribution >= 0.6 is 0 Å². The van der Waals surface area contributed by atoms with Crippen molar-refractivity contribution in [2.45, 2.75) is 46.0 Å². The molecule has 1 aliphatic rings. The van der Waals surface area contributed by atoms with Gasteiger partial charge >= 0.3 is 5.97 Å². The number of hydrogen-bond donors (Lipinski definition) is 3. The molecule has 0 aliphatic heterocycles. The molecule has 0 aromatic carbocycles. The molecular formula is C13H24O4. The van der Waals surface area contributed by atoms with E-state index < -0.39 is 5.97 Å². The van der Waals surface area contributed by atoms with Crippen LogP contribution in [0.3, 0.4) is 0 Å². The third kappa shape index (κ3) is 5.84. The second-order valence-corrected chi connectivity index (χ2v) is 4.65. The normalized spacial score (nSPS) is 19.2. The number of hydrogen-bond acceptors (Lipinski definition) is 3. The number of rotatable bonds is 3. The third-order valence-corrected chi connectivity index (χ3v) is 3.36. The number of allylic oxidation sites excluding steroid dienone is 1. The predicted molar refractivity (Wildman–Crippen MR) is 66.8 cm³/mol. The van der Waals surface area contributed by atoms with E-state index in [1.807, 2.05) is 0 Å². The Morgan fingerprint density at radius 1 is 1.18 bits per heavy atom. The number of aliphatic hydroxyl groups excluding tert-OH is 2. The molecule has 0 saturated heterocycles. The van der Waals surface area contributed by atoms with Crippen LogP contribution in [0.4, 0.5) is 0 Å². The quantitative estimate of drug-likeness (QED) is 0.663. The Bertz CT molecular complexity index is 246. The molecule has 0 aromatic rings. The van der Waals surface area contributed by atoms with Gasteiger partial charge in [-0.25, -0.2) is 4.79 Å². The molecule has 0 atom stereocenters. The summed E-state index contributed by atoms with van der Waals surface area (Å²) in [6.07, 6.45) is 7.16. The number of aliphatic hydroxyl groups is 2. The van der Waals surface area contributed by atoms with E-state index in [1.165, 1.54) is 19.3 Å². The van der Waals surface area contributed by atoms with Crippen molar-refractivity contribution < 1.29 is 20.1 Å². The van der Waals surface area contributed by atoms with Crippen molar-refractivity contribution in [3.05, 3.63) is 11.6 Å². The fourth-order valence-electron chi connectivity index (χ4n) is 1.79. The summed E-state index contributed by atoms with van der Waals surface area (Å²) in [7, 11) is 0. The van der Waals surface area contributed by atoms with E-state index in [1.54, 1.807) is 19.9 Å². The summed E-state index contributed by atoms with van der Waals surface area (Å²) in [5, 5.41) is 26.1. The average molecular weight is 244 g/mol. The van der Waals surface area contributed by atoms with Gasteiger partial charge in [-0.05, 0) is 26.7 Å². The van der Waals surface area contributed by atoms with Crippen LogP contribution in [0.1, 0.15) is 46.0 Å². The molecule has 100 valence electrons. The number of aliphatic carboxylic acids is 1. The van der Waals surface area contributed by atoms with Gasteiger partial charge in [0, 0.05) is 11.0 Å². The molecule has 1 saturated carbocycles. The first-order chi connectivity index (χ1) is 8.01. The zero-order valence-electron chi connectivity index (χ0n) is 10.8. The van der Waals surface area contributed by atoms with Crippen molar-refractivity contribution in [3.63, 3.8) is 0 Å². The van der Waals surface area contributed by atoms with E-state index in [9.17, 15) is 4.79 Å². The molecule has 0 amide bonds. The van der Waals surface area contributed by atoms with Gasteiger partial charge in [-0.1, -0.05) is 25.3 Å². The third-order valence-electron chi connectivity index (χ3n) is 3.36. The summed E-state index contributed by atoms with van der Waals surface area (Å²) in [6.45, 7) is 3.57. The van der Waals surface area contributed by atoms with Gasteiger partial charge in [-0.3, -0.25) is 0 Å². The Labute approximate surface area is 103 Å². The van der Waals surface area contributed by atoms with E-state index in [4.69, 9.17) is 15.3 Å². The first-order valence-electron chi connectivity index (χ1n) is 6.09. The molecule has 1 aliphatic carbocycles. The van der Waals surface area contributed by atoms with E-state index >= 15 is 0 Å². The number of carboxylic acids is 1. The van der Waals surface area contributed by atoms with Crippen LogP contribution in [0.15, 0.2) is 11.6 Å². The molecular weight excluding hydrogens is 220 g/mol. The Balaban J connectivity index is 0.000000325. The van der Waals surface area contributed by atoms with Gasteiger partial charge in [0.2, 0.25) is 0 Å². The minimum atomic E-state index is -0.845. The summed E-state index contributed by atoms with van der Waals surface area (Å²) < 4.78 is 0. The smallest absolute Gasteiger partial charge is 0.330 e. The summed E-state index contributed by atoms with van der Waals surface area (Å²) in [6, 6.07) is 0. The molecule has 4 nitrogen and oxygen atoms in total. The lowest BCUT2D eigenvalue weighted by molar-refractivity contribution is -0.132. The first kappa shape index (κ1) is 16.1. The van der Waals surface area contributed by atoms with Gasteiger partial charge in [0.1, 0.15) is 0 Å². The van der Waals surface area contributed by atoms with Crippen LogP contribution in [0.25, 0.3) is 0 Å². The minimum Gasteiger partial charge on any atom is -0.478 e. The van der Waals surface area contributed by atoms with Crippen LogP contribution in [0.5, 0.6) is 0 Å². The molecule has 1 rings (SSSR count). The predicted octanol–water partition coefficient (Wildman–Crippen LogP) is 1.96. The maximum atomic E-state index is 9.86. The lowest BCUT2D eigenvalue weighted by Crippen LogP contribution is -2.31. The maximum absolute atomic E-state index is 9.86. The molecule has 0 heterocycles.